The molecule has 1 fully saturated rings. The number of aromatic nitrogens is 4. The molecule has 2 aromatic carbocycles. The van der Waals surface area contributed by atoms with E-state index in [0.717, 1.165) is 15.8 Å². The lowest BCUT2D eigenvalue weighted by molar-refractivity contribution is 0.386. The first-order valence-corrected chi connectivity index (χ1v) is 12.5. The number of benzene rings is 2. The molecule has 12 heteroatoms. The third-order valence-electron chi connectivity index (χ3n) is 6.78. The third-order valence-corrected chi connectivity index (χ3v) is 7.14. The number of anilines is 2. The number of fused-ring (bicyclic) bond motifs is 1. The van der Waals surface area contributed by atoms with Gasteiger partial charge in [0.05, 0.1) is 19.3 Å². The topological polar surface area (TPSA) is 89.6 Å². The molecule has 0 amide bonds. The zero-order valence-corrected chi connectivity index (χ0v) is 22.2. The molecule has 0 atom stereocenters. The predicted octanol–water partition coefficient (Wildman–Crippen LogP) is 2.15. The number of imidazole rings is 1. The van der Waals surface area contributed by atoms with Crippen molar-refractivity contribution in [3.8, 4) is 5.75 Å². The van der Waals surface area contributed by atoms with E-state index in [9.17, 15) is 14.0 Å². The molecule has 1 aliphatic rings. The van der Waals surface area contributed by atoms with Gasteiger partial charge in [0, 0.05) is 40.3 Å². The SMILES string of the molecule is COc1ccccc1NC(=S)N1CCN(c2nc3c(c(=O)n(C)c(=O)n3C)n2Cc2ccc(F)cc2)CC1. The second-order valence-electron chi connectivity index (χ2n) is 9.11. The second kappa shape index (κ2) is 10.3. The molecule has 3 heterocycles. The number of halogens is 1. The molecule has 0 bridgehead atoms. The van der Waals surface area contributed by atoms with E-state index in [4.69, 9.17) is 21.9 Å². The number of piperazine rings is 1. The van der Waals surface area contributed by atoms with Gasteiger partial charge in [0.15, 0.2) is 16.3 Å². The molecule has 10 nitrogen and oxygen atoms in total. The van der Waals surface area contributed by atoms with Crippen LogP contribution in [0.3, 0.4) is 0 Å². The summed E-state index contributed by atoms with van der Waals surface area (Å²) in [6.07, 6.45) is 0. The maximum atomic E-state index is 13.5. The van der Waals surface area contributed by atoms with E-state index in [1.807, 2.05) is 28.8 Å². The molecule has 0 aliphatic carbocycles. The van der Waals surface area contributed by atoms with Gasteiger partial charge in [-0.05, 0) is 42.0 Å². The average molecular weight is 538 g/mol. The molecule has 0 spiro atoms. The Morgan fingerprint density at radius 3 is 2.39 bits per heavy atom. The van der Waals surface area contributed by atoms with E-state index >= 15 is 0 Å². The Morgan fingerprint density at radius 1 is 1.03 bits per heavy atom. The van der Waals surface area contributed by atoms with Crippen LogP contribution in [0, 0.1) is 5.82 Å². The number of nitrogens with zero attached hydrogens (tertiary/aromatic N) is 6. The molecule has 5 rings (SSSR count). The Morgan fingerprint density at radius 2 is 1.71 bits per heavy atom. The fraction of sp³-hybridized carbons (Fsp3) is 0.308. The molecule has 4 aromatic rings. The van der Waals surface area contributed by atoms with Crippen molar-refractivity contribution in [2.45, 2.75) is 6.54 Å². The molecular weight excluding hydrogens is 509 g/mol. The molecule has 1 aliphatic heterocycles. The Balaban J connectivity index is 1.44. The van der Waals surface area contributed by atoms with Gasteiger partial charge in [-0.15, -0.1) is 0 Å². The number of hydrogen-bond donors (Lipinski definition) is 1. The molecule has 1 N–H and O–H groups in total. The van der Waals surface area contributed by atoms with Gasteiger partial charge < -0.3 is 19.9 Å². The van der Waals surface area contributed by atoms with Crippen LogP contribution in [0.15, 0.2) is 58.1 Å². The van der Waals surface area contributed by atoms with E-state index in [-0.39, 0.29) is 5.82 Å². The first-order valence-electron chi connectivity index (χ1n) is 12.1. The highest BCUT2D eigenvalue weighted by Crippen LogP contribution is 2.25. The maximum absolute atomic E-state index is 13.5. The van der Waals surface area contributed by atoms with Gasteiger partial charge in [-0.3, -0.25) is 18.5 Å². The van der Waals surface area contributed by atoms with Crippen LogP contribution in [0.25, 0.3) is 11.2 Å². The quantitative estimate of drug-likeness (QED) is 0.388. The van der Waals surface area contributed by atoms with Gasteiger partial charge >= 0.3 is 5.69 Å². The van der Waals surface area contributed by atoms with Gasteiger partial charge in [0.25, 0.3) is 5.56 Å². The lowest BCUT2D eigenvalue weighted by Crippen LogP contribution is -2.50. The Labute approximate surface area is 223 Å². The number of methoxy groups -OCH3 is 1. The number of rotatable bonds is 5. The third kappa shape index (κ3) is 4.62. The van der Waals surface area contributed by atoms with Crippen LogP contribution in [0.5, 0.6) is 5.75 Å². The van der Waals surface area contributed by atoms with Crippen molar-refractivity contribution in [1.29, 1.82) is 0 Å². The van der Waals surface area contributed by atoms with E-state index in [1.165, 1.54) is 23.7 Å². The lowest BCUT2D eigenvalue weighted by Gasteiger charge is -2.37. The molecule has 1 saturated heterocycles. The summed E-state index contributed by atoms with van der Waals surface area (Å²) in [5, 5.41) is 3.85. The van der Waals surface area contributed by atoms with E-state index in [1.54, 1.807) is 26.3 Å². The minimum absolute atomic E-state index is 0.299. The highest BCUT2D eigenvalue weighted by molar-refractivity contribution is 7.80. The summed E-state index contributed by atoms with van der Waals surface area (Å²) in [5.41, 5.74) is 1.36. The van der Waals surface area contributed by atoms with Crippen LogP contribution in [0.1, 0.15) is 5.56 Å². The first kappa shape index (κ1) is 25.5. The zero-order valence-electron chi connectivity index (χ0n) is 21.3. The number of aryl methyl sites for hydroxylation is 1. The smallest absolute Gasteiger partial charge is 0.332 e. The summed E-state index contributed by atoms with van der Waals surface area (Å²) in [7, 11) is 4.67. The van der Waals surface area contributed by atoms with Crippen molar-refractivity contribution in [3.63, 3.8) is 0 Å². The largest absolute Gasteiger partial charge is 0.495 e. The van der Waals surface area contributed by atoms with Gasteiger partial charge in [-0.1, -0.05) is 24.3 Å². The minimum atomic E-state index is -0.446. The van der Waals surface area contributed by atoms with Crippen LogP contribution < -0.4 is 26.2 Å². The molecule has 0 radical (unpaired) electrons. The summed E-state index contributed by atoms with van der Waals surface area (Å²) in [4.78, 5) is 34.7. The molecule has 0 saturated carbocycles. The molecule has 38 heavy (non-hydrogen) atoms. The van der Waals surface area contributed by atoms with Crippen LogP contribution in [-0.4, -0.2) is 62.0 Å². The van der Waals surface area contributed by atoms with Gasteiger partial charge in [-0.25, -0.2) is 9.18 Å². The maximum Gasteiger partial charge on any atom is 0.332 e. The van der Waals surface area contributed by atoms with Crippen molar-refractivity contribution in [1.82, 2.24) is 23.6 Å². The van der Waals surface area contributed by atoms with Gasteiger partial charge in [0.1, 0.15) is 11.6 Å². The van der Waals surface area contributed by atoms with Crippen molar-refractivity contribution < 1.29 is 9.13 Å². The lowest BCUT2D eigenvalue weighted by atomic mass is 10.2. The predicted molar refractivity (Wildman–Crippen MR) is 149 cm³/mol. The Kier molecular flexibility index (Phi) is 6.89. The van der Waals surface area contributed by atoms with Crippen molar-refractivity contribution in [2.24, 2.45) is 14.1 Å². The number of hydrogen-bond acceptors (Lipinski definition) is 6. The van der Waals surface area contributed by atoms with E-state index < -0.39 is 11.2 Å². The summed E-state index contributed by atoms with van der Waals surface area (Å²) < 4.78 is 23.2. The minimum Gasteiger partial charge on any atom is -0.495 e. The van der Waals surface area contributed by atoms with Crippen LogP contribution in [0.2, 0.25) is 0 Å². The zero-order chi connectivity index (χ0) is 27.0. The van der Waals surface area contributed by atoms with Gasteiger partial charge in [-0.2, -0.15) is 4.98 Å². The van der Waals surface area contributed by atoms with Crippen LogP contribution in [-0.2, 0) is 20.6 Å². The van der Waals surface area contributed by atoms with Crippen molar-refractivity contribution in [3.05, 3.63) is 80.7 Å². The highest BCUT2D eigenvalue weighted by Gasteiger charge is 2.26. The summed E-state index contributed by atoms with van der Waals surface area (Å²) >= 11 is 5.66. The highest BCUT2D eigenvalue weighted by atomic mass is 32.1. The fourth-order valence-electron chi connectivity index (χ4n) is 4.65. The normalized spacial score (nSPS) is 13.7. The molecular formula is C26H28FN7O3S. The van der Waals surface area contributed by atoms with Crippen molar-refractivity contribution >= 4 is 40.1 Å². The fourth-order valence-corrected chi connectivity index (χ4v) is 4.94. The summed E-state index contributed by atoms with van der Waals surface area (Å²) in [5.74, 6) is 0.942. The van der Waals surface area contributed by atoms with E-state index in [2.05, 4.69) is 15.1 Å². The number of para-hydroxylation sites is 2. The number of thiocarbonyl (C=S) groups is 1. The van der Waals surface area contributed by atoms with Crippen molar-refractivity contribution in [2.75, 3.05) is 43.5 Å². The average Bonchev–Trinajstić information content (AvgIpc) is 3.31. The first-order chi connectivity index (χ1) is 18.3. The monoisotopic (exact) mass is 537 g/mol. The Hall–Kier alpha value is -4.19. The summed E-state index contributed by atoms with van der Waals surface area (Å²) in [6.45, 7) is 2.73. The van der Waals surface area contributed by atoms with Crippen LogP contribution in [0.4, 0.5) is 16.0 Å². The second-order valence-corrected chi connectivity index (χ2v) is 9.49. The molecule has 198 valence electrons. The Bertz CT molecular complexity index is 1620. The number of ether oxygens (including phenoxy) is 1. The van der Waals surface area contributed by atoms with E-state index in [0.29, 0.717) is 60.7 Å². The standard InChI is InChI=1S/C26H28FN7O3S/c1-30-22-21(23(35)31(2)26(30)36)34(16-17-8-10-18(27)11-9-17)24(29-22)32-12-14-33(15-13-32)25(38)28-19-6-4-5-7-20(19)37-3/h4-11H,12-16H2,1-3H3,(H,28,38). The van der Waals surface area contributed by atoms with Gasteiger partial charge in [0.2, 0.25) is 5.95 Å². The molecule has 0 unspecified atom stereocenters. The van der Waals surface area contributed by atoms with Crippen LogP contribution >= 0.6 is 12.2 Å². The molecule has 2 aromatic heterocycles. The number of nitrogens with one attached hydrogen (secondary N) is 1. The summed E-state index contributed by atoms with van der Waals surface area (Å²) in [6, 6.07) is 13.7.